The lowest BCUT2D eigenvalue weighted by molar-refractivity contribution is 0.475. The molecule has 5 nitrogen and oxygen atoms in total. The van der Waals surface area contributed by atoms with Gasteiger partial charge in [0.2, 0.25) is 0 Å². The van der Waals surface area contributed by atoms with Crippen LogP contribution in [0.2, 0.25) is 0 Å². The van der Waals surface area contributed by atoms with Crippen LogP contribution in [0.5, 0.6) is 5.75 Å². The van der Waals surface area contributed by atoms with Crippen molar-refractivity contribution in [1.82, 2.24) is 10.2 Å². The maximum Gasteiger partial charge on any atom is 0.170 e. The average molecular weight is 188 g/mol. The number of nitrogens with zero attached hydrogens (tertiary/aromatic N) is 3. The fraction of sp³-hybridized carbons (Fsp3) is 0. The first-order valence-electron chi connectivity index (χ1n) is 4.05. The number of phenolic OH excluding ortho intramolecular Hbond substituents is 1. The van der Waals surface area contributed by atoms with Crippen molar-refractivity contribution in [2.75, 3.05) is 0 Å². The minimum atomic E-state index is 0.213. The molecule has 0 spiro atoms. The fourth-order valence-electron chi connectivity index (χ4n) is 0.935. The van der Waals surface area contributed by atoms with Gasteiger partial charge in [-0.1, -0.05) is 0 Å². The molecule has 1 aromatic heterocycles. The summed E-state index contributed by atoms with van der Waals surface area (Å²) in [7, 11) is 0. The van der Waals surface area contributed by atoms with E-state index in [1.807, 2.05) is 0 Å². The van der Waals surface area contributed by atoms with Crippen molar-refractivity contribution < 1.29 is 5.11 Å². The van der Waals surface area contributed by atoms with E-state index in [1.165, 1.54) is 0 Å². The molecule has 0 unspecified atom stereocenters. The van der Waals surface area contributed by atoms with Crippen LogP contribution in [0.25, 0.3) is 0 Å². The Hall–Kier alpha value is -2.17. The van der Waals surface area contributed by atoms with E-state index < -0.39 is 0 Å². The van der Waals surface area contributed by atoms with Crippen LogP contribution in [0, 0.1) is 0 Å². The molecule has 5 heteroatoms. The zero-order chi connectivity index (χ0) is 9.80. The van der Waals surface area contributed by atoms with Crippen molar-refractivity contribution >= 4 is 11.5 Å². The Labute approximate surface area is 80.1 Å². The van der Waals surface area contributed by atoms with Gasteiger partial charge in [0, 0.05) is 6.07 Å². The lowest BCUT2D eigenvalue weighted by Crippen LogP contribution is -1.65. The molecule has 1 aromatic carbocycles. The number of nitrogens with one attached hydrogen (secondary N) is 1. The molecule has 1 heterocycles. The van der Waals surface area contributed by atoms with Gasteiger partial charge in [0.25, 0.3) is 0 Å². The molecule has 14 heavy (non-hydrogen) atoms. The zero-order valence-corrected chi connectivity index (χ0v) is 7.25. The third-order valence-corrected chi connectivity index (χ3v) is 1.61. The summed E-state index contributed by atoms with van der Waals surface area (Å²) in [5.74, 6) is 0.809. The van der Waals surface area contributed by atoms with Crippen LogP contribution in [0.3, 0.4) is 0 Å². The second-order valence-corrected chi connectivity index (χ2v) is 2.66. The number of hydrogen-bond acceptors (Lipinski definition) is 4. The van der Waals surface area contributed by atoms with E-state index in [1.54, 1.807) is 36.5 Å². The molecule has 0 aliphatic carbocycles. The van der Waals surface area contributed by atoms with Gasteiger partial charge in [-0.05, 0) is 24.3 Å². The Morgan fingerprint density at radius 1 is 1.07 bits per heavy atom. The van der Waals surface area contributed by atoms with E-state index in [4.69, 9.17) is 5.11 Å². The number of benzene rings is 1. The molecule has 0 aliphatic heterocycles. The van der Waals surface area contributed by atoms with Gasteiger partial charge in [0.05, 0.1) is 11.9 Å². The highest BCUT2D eigenvalue weighted by Crippen LogP contribution is 2.18. The maximum absolute atomic E-state index is 9.02. The van der Waals surface area contributed by atoms with Crippen molar-refractivity contribution in [1.29, 1.82) is 0 Å². The SMILES string of the molecule is Oc1ccc(N=Nc2ccn[nH]2)cc1. The van der Waals surface area contributed by atoms with Crippen molar-refractivity contribution in [3.8, 4) is 5.75 Å². The van der Waals surface area contributed by atoms with E-state index in [9.17, 15) is 0 Å². The van der Waals surface area contributed by atoms with E-state index in [2.05, 4.69) is 20.4 Å². The summed E-state index contributed by atoms with van der Waals surface area (Å²) in [6, 6.07) is 8.18. The van der Waals surface area contributed by atoms with Crippen molar-refractivity contribution in [2.45, 2.75) is 0 Å². The summed E-state index contributed by atoms with van der Waals surface area (Å²) < 4.78 is 0. The fourth-order valence-corrected chi connectivity index (χ4v) is 0.935. The molecule has 2 rings (SSSR count). The monoisotopic (exact) mass is 188 g/mol. The number of aromatic amines is 1. The normalized spacial score (nSPS) is 10.9. The van der Waals surface area contributed by atoms with Gasteiger partial charge in [-0.25, -0.2) is 0 Å². The van der Waals surface area contributed by atoms with E-state index in [0.717, 1.165) is 0 Å². The number of hydrogen-bond donors (Lipinski definition) is 2. The van der Waals surface area contributed by atoms with Crippen LogP contribution in [-0.4, -0.2) is 15.3 Å². The first-order chi connectivity index (χ1) is 6.84. The van der Waals surface area contributed by atoms with Crippen LogP contribution in [0.4, 0.5) is 11.5 Å². The van der Waals surface area contributed by atoms with Crippen LogP contribution in [0.15, 0.2) is 46.8 Å². The predicted octanol–water partition coefficient (Wildman–Crippen LogP) is 2.53. The molecule has 0 bridgehead atoms. The van der Waals surface area contributed by atoms with Gasteiger partial charge in [0.15, 0.2) is 5.82 Å². The number of azo groups is 1. The smallest absolute Gasteiger partial charge is 0.170 e. The molecule has 0 fully saturated rings. The Balaban J connectivity index is 2.15. The summed E-state index contributed by atoms with van der Waals surface area (Å²) in [5.41, 5.74) is 0.678. The summed E-state index contributed by atoms with van der Waals surface area (Å²) in [5, 5.41) is 23.2. The predicted molar refractivity (Wildman–Crippen MR) is 50.9 cm³/mol. The van der Waals surface area contributed by atoms with Crippen LogP contribution in [-0.2, 0) is 0 Å². The minimum absolute atomic E-state index is 0.213. The largest absolute Gasteiger partial charge is 0.508 e. The molecule has 0 atom stereocenters. The lowest BCUT2D eigenvalue weighted by Gasteiger charge is -1.91. The van der Waals surface area contributed by atoms with Gasteiger partial charge in [0.1, 0.15) is 5.75 Å². The summed E-state index contributed by atoms with van der Waals surface area (Å²) in [6.45, 7) is 0. The van der Waals surface area contributed by atoms with Crippen molar-refractivity contribution in [2.24, 2.45) is 10.2 Å². The Morgan fingerprint density at radius 2 is 1.86 bits per heavy atom. The Kier molecular flexibility index (Phi) is 2.22. The summed E-state index contributed by atoms with van der Waals surface area (Å²) in [4.78, 5) is 0. The van der Waals surface area contributed by atoms with E-state index in [-0.39, 0.29) is 5.75 Å². The quantitative estimate of drug-likeness (QED) is 0.710. The second kappa shape index (κ2) is 3.69. The first kappa shape index (κ1) is 8.43. The number of H-pyrrole nitrogens is 1. The molecule has 2 aromatic rings. The Morgan fingerprint density at radius 3 is 2.50 bits per heavy atom. The van der Waals surface area contributed by atoms with Crippen molar-refractivity contribution in [3.63, 3.8) is 0 Å². The zero-order valence-electron chi connectivity index (χ0n) is 7.25. The molecule has 0 amide bonds. The highest BCUT2D eigenvalue weighted by Gasteiger charge is 1.91. The molecule has 0 aliphatic rings. The number of rotatable bonds is 2. The summed E-state index contributed by atoms with van der Waals surface area (Å²) in [6.07, 6.45) is 1.60. The maximum atomic E-state index is 9.02. The summed E-state index contributed by atoms with van der Waals surface area (Å²) >= 11 is 0. The molecule has 2 N–H and O–H groups in total. The van der Waals surface area contributed by atoms with Crippen LogP contribution < -0.4 is 0 Å². The van der Waals surface area contributed by atoms with Gasteiger partial charge < -0.3 is 5.11 Å². The number of aromatic hydroxyl groups is 1. The third kappa shape index (κ3) is 1.95. The standard InChI is InChI=1S/C9H8N4O/c14-8-3-1-7(2-4-8)11-13-9-5-6-10-12-9/h1-6,14H,(H,10,12). The van der Waals surface area contributed by atoms with E-state index in [0.29, 0.717) is 11.5 Å². The molecular weight excluding hydrogens is 180 g/mol. The molecule has 0 saturated heterocycles. The minimum Gasteiger partial charge on any atom is -0.508 e. The van der Waals surface area contributed by atoms with E-state index >= 15 is 0 Å². The molecular formula is C9H8N4O. The van der Waals surface area contributed by atoms with Crippen LogP contribution in [0.1, 0.15) is 0 Å². The third-order valence-electron chi connectivity index (χ3n) is 1.61. The van der Waals surface area contributed by atoms with Gasteiger partial charge >= 0.3 is 0 Å². The van der Waals surface area contributed by atoms with Crippen molar-refractivity contribution in [3.05, 3.63) is 36.5 Å². The van der Waals surface area contributed by atoms with Crippen LogP contribution >= 0.6 is 0 Å². The molecule has 0 saturated carbocycles. The molecule has 70 valence electrons. The van der Waals surface area contributed by atoms with Gasteiger partial charge in [-0.2, -0.15) is 5.10 Å². The average Bonchev–Trinajstić information content (AvgIpc) is 2.70. The Bertz CT molecular complexity index is 419. The lowest BCUT2D eigenvalue weighted by atomic mass is 10.3. The number of phenols is 1. The van der Waals surface area contributed by atoms with Gasteiger partial charge in [-0.15, -0.1) is 10.2 Å². The first-order valence-corrected chi connectivity index (χ1v) is 4.05. The highest BCUT2D eigenvalue weighted by molar-refractivity contribution is 5.40. The number of aromatic nitrogens is 2. The van der Waals surface area contributed by atoms with Gasteiger partial charge in [-0.3, -0.25) is 5.10 Å². The molecule has 0 radical (unpaired) electrons. The topological polar surface area (TPSA) is 73.6 Å². The second-order valence-electron chi connectivity index (χ2n) is 2.66. The highest BCUT2D eigenvalue weighted by atomic mass is 16.3.